The second kappa shape index (κ2) is 11.0. The highest BCUT2D eigenvalue weighted by Crippen LogP contribution is 2.45. The van der Waals surface area contributed by atoms with E-state index in [1.54, 1.807) is 0 Å². The molecule has 9 aromatic rings. The lowest BCUT2D eigenvalue weighted by Crippen LogP contribution is -2.10. The van der Waals surface area contributed by atoms with Gasteiger partial charge in [-0.15, -0.1) is 11.3 Å². The van der Waals surface area contributed by atoms with E-state index in [1.807, 2.05) is 11.3 Å². The number of hydrogen-bond acceptors (Lipinski definition) is 2. The molecule has 46 heavy (non-hydrogen) atoms. The maximum atomic E-state index is 3.73. The zero-order valence-corrected chi connectivity index (χ0v) is 27.2. The van der Waals surface area contributed by atoms with Crippen LogP contribution in [0.1, 0.15) is 0 Å². The van der Waals surface area contributed by atoms with E-state index in [0.717, 1.165) is 27.2 Å². The molecule has 0 atom stereocenters. The quantitative estimate of drug-likeness (QED) is 0.177. The largest absolute Gasteiger partial charge is 0.310 e. The minimum absolute atomic E-state index is 1.09. The maximum absolute atomic E-state index is 3.73. The molecule has 2 aromatic heterocycles. The van der Waals surface area contributed by atoms with Crippen molar-refractivity contribution in [1.82, 2.24) is 4.57 Å². The molecule has 0 fully saturated rings. The first-order valence-electron chi connectivity index (χ1n) is 15.4. The van der Waals surface area contributed by atoms with Crippen molar-refractivity contribution in [3.8, 4) is 16.8 Å². The fourth-order valence-corrected chi connectivity index (χ4v) is 8.44. The standard InChI is InChI=1S/C42H27BrN2S/c43-36-17-9-7-15-33(36)28-19-21-31(22-20-28)44(29-11-3-1-4-12-29)32-23-24-34-38(27-32)45(30-13-5-2-6-14-30)37-25-26-40-42(41(34)37)35-16-8-10-18-39(35)46-40/h1-27H. The maximum Gasteiger partial charge on any atom is 0.0562 e. The lowest BCUT2D eigenvalue weighted by atomic mass is 10.0. The number of anilines is 3. The van der Waals surface area contributed by atoms with E-state index < -0.39 is 0 Å². The van der Waals surface area contributed by atoms with Crippen molar-refractivity contribution in [1.29, 1.82) is 0 Å². The lowest BCUT2D eigenvalue weighted by molar-refractivity contribution is 1.18. The molecule has 4 heteroatoms. The molecular weight excluding hydrogens is 644 g/mol. The molecule has 0 aliphatic rings. The number of aromatic nitrogens is 1. The molecule has 0 radical (unpaired) electrons. The van der Waals surface area contributed by atoms with Gasteiger partial charge >= 0.3 is 0 Å². The molecule has 0 unspecified atom stereocenters. The van der Waals surface area contributed by atoms with Gasteiger partial charge in [-0.3, -0.25) is 0 Å². The van der Waals surface area contributed by atoms with Gasteiger partial charge in [0.25, 0.3) is 0 Å². The van der Waals surface area contributed by atoms with E-state index in [4.69, 9.17) is 0 Å². The van der Waals surface area contributed by atoms with Gasteiger partial charge in [0.05, 0.1) is 11.0 Å². The van der Waals surface area contributed by atoms with Gasteiger partial charge in [-0.2, -0.15) is 0 Å². The Kier molecular flexibility index (Phi) is 6.51. The summed E-state index contributed by atoms with van der Waals surface area (Å²) >= 11 is 5.60. The second-order valence-electron chi connectivity index (χ2n) is 11.5. The average molecular weight is 672 g/mol. The number of rotatable bonds is 5. The van der Waals surface area contributed by atoms with Gasteiger partial charge in [0, 0.05) is 58.2 Å². The summed E-state index contributed by atoms with van der Waals surface area (Å²) in [6, 6.07) is 59.0. The predicted molar refractivity (Wildman–Crippen MR) is 201 cm³/mol. The zero-order chi connectivity index (χ0) is 30.6. The van der Waals surface area contributed by atoms with E-state index >= 15 is 0 Å². The first-order chi connectivity index (χ1) is 22.7. The Morgan fingerprint density at radius 2 is 1.15 bits per heavy atom. The predicted octanol–water partition coefficient (Wildman–Crippen LogP) is 13.1. The summed E-state index contributed by atoms with van der Waals surface area (Å²) in [5.41, 5.74) is 9.25. The molecule has 218 valence electrons. The molecule has 0 N–H and O–H groups in total. The Balaban J connectivity index is 1.30. The molecule has 0 amide bonds. The molecule has 0 saturated carbocycles. The van der Waals surface area contributed by atoms with Gasteiger partial charge in [0.2, 0.25) is 0 Å². The molecule has 0 aliphatic heterocycles. The topological polar surface area (TPSA) is 8.17 Å². The minimum Gasteiger partial charge on any atom is -0.310 e. The monoisotopic (exact) mass is 670 g/mol. The van der Waals surface area contributed by atoms with Crippen molar-refractivity contribution in [3.05, 3.63) is 168 Å². The van der Waals surface area contributed by atoms with Crippen LogP contribution >= 0.6 is 27.3 Å². The van der Waals surface area contributed by atoms with Crippen LogP contribution in [0.3, 0.4) is 0 Å². The first-order valence-corrected chi connectivity index (χ1v) is 17.0. The molecule has 7 aromatic carbocycles. The highest BCUT2D eigenvalue weighted by atomic mass is 79.9. The van der Waals surface area contributed by atoms with Crippen molar-refractivity contribution in [2.45, 2.75) is 0 Å². The number of para-hydroxylation sites is 2. The summed E-state index contributed by atoms with van der Waals surface area (Å²) in [6.07, 6.45) is 0. The highest BCUT2D eigenvalue weighted by molar-refractivity contribution is 9.10. The van der Waals surface area contributed by atoms with Crippen molar-refractivity contribution < 1.29 is 0 Å². The van der Waals surface area contributed by atoms with Crippen LogP contribution in [0.5, 0.6) is 0 Å². The summed E-state index contributed by atoms with van der Waals surface area (Å²) in [6.45, 7) is 0. The van der Waals surface area contributed by atoms with Gasteiger partial charge in [0.1, 0.15) is 0 Å². The fourth-order valence-electron chi connectivity index (χ4n) is 6.81. The molecule has 2 heterocycles. The third-order valence-electron chi connectivity index (χ3n) is 8.85. The average Bonchev–Trinajstić information content (AvgIpc) is 3.65. The molecule has 0 saturated heterocycles. The normalized spacial score (nSPS) is 11.6. The number of benzene rings is 7. The van der Waals surface area contributed by atoms with Crippen molar-refractivity contribution in [2.24, 2.45) is 0 Å². The van der Waals surface area contributed by atoms with Crippen LogP contribution in [0.25, 0.3) is 58.8 Å². The Labute approximate surface area is 279 Å². The van der Waals surface area contributed by atoms with E-state index in [2.05, 4.69) is 189 Å². The van der Waals surface area contributed by atoms with Crippen molar-refractivity contribution in [2.75, 3.05) is 4.90 Å². The summed E-state index contributed by atoms with van der Waals surface area (Å²) in [4.78, 5) is 2.35. The lowest BCUT2D eigenvalue weighted by Gasteiger charge is -2.26. The Morgan fingerprint density at radius 1 is 0.478 bits per heavy atom. The molecule has 0 aliphatic carbocycles. The van der Waals surface area contributed by atoms with Crippen molar-refractivity contribution in [3.63, 3.8) is 0 Å². The third-order valence-corrected chi connectivity index (χ3v) is 10.7. The molecule has 9 rings (SSSR count). The van der Waals surface area contributed by atoms with Crippen LogP contribution in [-0.4, -0.2) is 4.57 Å². The van der Waals surface area contributed by atoms with Crippen LogP contribution in [0.2, 0.25) is 0 Å². The van der Waals surface area contributed by atoms with Crippen LogP contribution < -0.4 is 4.90 Å². The highest BCUT2D eigenvalue weighted by Gasteiger charge is 2.20. The van der Waals surface area contributed by atoms with Gasteiger partial charge in [-0.05, 0) is 83.9 Å². The summed E-state index contributed by atoms with van der Waals surface area (Å²) in [7, 11) is 0. The molecule has 0 bridgehead atoms. The number of halogens is 1. The molecular formula is C42H27BrN2S. The smallest absolute Gasteiger partial charge is 0.0562 e. The van der Waals surface area contributed by atoms with E-state index in [-0.39, 0.29) is 0 Å². The van der Waals surface area contributed by atoms with Crippen LogP contribution in [-0.2, 0) is 0 Å². The number of nitrogens with zero attached hydrogens (tertiary/aromatic N) is 2. The number of hydrogen-bond donors (Lipinski definition) is 0. The Bertz CT molecular complexity index is 2530. The first kappa shape index (κ1) is 27.2. The zero-order valence-electron chi connectivity index (χ0n) is 24.8. The summed E-state index contributed by atoms with van der Waals surface area (Å²) < 4.78 is 6.16. The van der Waals surface area contributed by atoms with Gasteiger partial charge in [0.15, 0.2) is 0 Å². The van der Waals surface area contributed by atoms with E-state index in [9.17, 15) is 0 Å². The Hall–Kier alpha value is -5.16. The van der Waals surface area contributed by atoms with Crippen molar-refractivity contribution >= 4 is 86.3 Å². The van der Waals surface area contributed by atoms with Gasteiger partial charge < -0.3 is 9.47 Å². The number of fused-ring (bicyclic) bond motifs is 7. The van der Waals surface area contributed by atoms with Crippen LogP contribution in [0.4, 0.5) is 17.1 Å². The second-order valence-corrected chi connectivity index (χ2v) is 13.4. The summed E-state index contributed by atoms with van der Waals surface area (Å²) in [5, 5.41) is 5.23. The van der Waals surface area contributed by atoms with E-state index in [0.29, 0.717) is 0 Å². The SMILES string of the molecule is Brc1ccccc1-c1ccc(N(c2ccccc2)c2ccc3c4c5c(ccc4n(-c4ccccc4)c3c2)sc2ccccc25)cc1. The minimum atomic E-state index is 1.09. The van der Waals surface area contributed by atoms with Gasteiger partial charge in [-0.1, -0.05) is 107 Å². The summed E-state index contributed by atoms with van der Waals surface area (Å²) in [5.74, 6) is 0. The Morgan fingerprint density at radius 3 is 1.96 bits per heavy atom. The molecule has 2 nitrogen and oxygen atoms in total. The van der Waals surface area contributed by atoms with Crippen LogP contribution in [0, 0.1) is 0 Å². The van der Waals surface area contributed by atoms with E-state index in [1.165, 1.54) is 53.1 Å². The number of thiophene rings is 1. The van der Waals surface area contributed by atoms with Crippen LogP contribution in [0.15, 0.2) is 168 Å². The molecule has 0 spiro atoms. The third kappa shape index (κ3) is 4.37. The fraction of sp³-hybridized carbons (Fsp3) is 0. The van der Waals surface area contributed by atoms with Gasteiger partial charge in [-0.25, -0.2) is 0 Å².